The molecular weight excluding hydrogens is 321 g/mol. The first-order valence-electron chi connectivity index (χ1n) is 7.53. The molecule has 1 fully saturated rings. The van der Waals surface area contributed by atoms with E-state index in [-0.39, 0.29) is 11.9 Å². The Bertz CT molecular complexity index is 726. The summed E-state index contributed by atoms with van der Waals surface area (Å²) in [7, 11) is 1.99. The zero-order chi connectivity index (χ0) is 17.2. The average Bonchev–Trinajstić information content (AvgIpc) is 3.02. The number of hydrogen-bond donors (Lipinski definition) is 1. The summed E-state index contributed by atoms with van der Waals surface area (Å²) in [5, 5.41) is 7.22. The molecule has 1 saturated heterocycles. The Kier molecular flexibility index (Phi) is 4.68. The number of halogens is 3. The van der Waals surface area contributed by atoms with Crippen LogP contribution >= 0.6 is 0 Å². The molecule has 0 radical (unpaired) electrons. The number of rotatable bonds is 3. The van der Waals surface area contributed by atoms with Crippen molar-refractivity contribution in [3.8, 4) is 0 Å². The van der Waals surface area contributed by atoms with Crippen LogP contribution in [0, 0.1) is 0 Å². The molecule has 2 aromatic rings. The fourth-order valence-corrected chi connectivity index (χ4v) is 2.53. The molecule has 0 aliphatic carbocycles. The van der Waals surface area contributed by atoms with Crippen molar-refractivity contribution < 1.29 is 17.7 Å². The highest BCUT2D eigenvalue weighted by atomic mass is 19.4. The van der Waals surface area contributed by atoms with Crippen LogP contribution in [0.15, 0.2) is 28.8 Å². The normalized spacial score (nSPS) is 19.9. The molecule has 1 unspecified atom stereocenters. The van der Waals surface area contributed by atoms with Gasteiger partial charge in [0.2, 0.25) is 0 Å². The Morgan fingerprint density at radius 2 is 2.17 bits per heavy atom. The molecule has 0 spiro atoms. The predicted molar refractivity (Wildman–Crippen MR) is 82.9 cm³/mol. The molecule has 0 saturated carbocycles. The van der Waals surface area contributed by atoms with Gasteiger partial charge in [-0.3, -0.25) is 4.90 Å². The fraction of sp³-hybridized carbons (Fsp3) is 0.375. The van der Waals surface area contributed by atoms with E-state index in [0.717, 1.165) is 31.8 Å². The zero-order valence-corrected chi connectivity index (χ0v) is 13.0. The molecule has 1 atom stereocenters. The Balaban J connectivity index is 1.74. The lowest BCUT2D eigenvalue weighted by Gasteiger charge is -2.30. The van der Waals surface area contributed by atoms with E-state index in [1.807, 2.05) is 7.05 Å². The molecule has 1 aliphatic heterocycles. The minimum absolute atomic E-state index is 0.0261. The van der Waals surface area contributed by atoms with Crippen molar-refractivity contribution in [1.29, 1.82) is 0 Å². The number of nitrogens with one attached hydrogen (secondary N) is 1. The van der Waals surface area contributed by atoms with E-state index in [2.05, 4.69) is 20.4 Å². The summed E-state index contributed by atoms with van der Waals surface area (Å²) in [4.78, 5) is 6.43. The maximum absolute atomic E-state index is 12.7. The van der Waals surface area contributed by atoms with Gasteiger partial charge in [-0.05, 0) is 30.8 Å². The molecule has 128 valence electrons. The maximum Gasteiger partial charge on any atom is 0.416 e. The van der Waals surface area contributed by atoms with Crippen LogP contribution in [0.5, 0.6) is 0 Å². The topological polar surface area (TPSA) is 54.2 Å². The molecule has 1 aromatic heterocycles. The number of hydrogen-bond acceptors (Lipinski definition) is 5. The molecular formula is C16H17F3N4O. The van der Waals surface area contributed by atoms with Crippen LogP contribution in [0.25, 0.3) is 12.2 Å². The molecule has 5 nitrogen and oxygen atoms in total. The second kappa shape index (κ2) is 6.74. The largest absolute Gasteiger partial charge is 0.416 e. The van der Waals surface area contributed by atoms with E-state index in [0.29, 0.717) is 11.4 Å². The van der Waals surface area contributed by atoms with Crippen LogP contribution in [0.4, 0.5) is 13.2 Å². The second-order valence-corrected chi connectivity index (χ2v) is 5.65. The quantitative estimate of drug-likeness (QED) is 0.933. The monoisotopic (exact) mass is 338 g/mol. The van der Waals surface area contributed by atoms with Gasteiger partial charge in [0.05, 0.1) is 11.6 Å². The van der Waals surface area contributed by atoms with Gasteiger partial charge >= 0.3 is 6.18 Å². The molecule has 3 rings (SSSR count). The minimum atomic E-state index is -4.36. The summed E-state index contributed by atoms with van der Waals surface area (Å²) in [6, 6.07) is 5.09. The first kappa shape index (κ1) is 16.7. The van der Waals surface area contributed by atoms with Gasteiger partial charge in [0.15, 0.2) is 5.82 Å². The third-order valence-corrected chi connectivity index (χ3v) is 3.90. The zero-order valence-electron chi connectivity index (χ0n) is 13.0. The van der Waals surface area contributed by atoms with Gasteiger partial charge in [-0.2, -0.15) is 18.2 Å². The number of alkyl halides is 3. The van der Waals surface area contributed by atoms with Crippen molar-refractivity contribution in [2.45, 2.75) is 12.2 Å². The van der Waals surface area contributed by atoms with Gasteiger partial charge in [-0.15, -0.1) is 0 Å². The Morgan fingerprint density at radius 3 is 2.92 bits per heavy atom. The lowest BCUT2D eigenvalue weighted by atomic mass is 10.1. The van der Waals surface area contributed by atoms with Crippen LogP contribution in [0.3, 0.4) is 0 Å². The van der Waals surface area contributed by atoms with Crippen molar-refractivity contribution in [1.82, 2.24) is 20.4 Å². The first-order valence-corrected chi connectivity index (χ1v) is 7.53. The molecule has 8 heteroatoms. The van der Waals surface area contributed by atoms with Crippen molar-refractivity contribution in [2.75, 3.05) is 26.7 Å². The van der Waals surface area contributed by atoms with E-state index in [9.17, 15) is 13.2 Å². The standard InChI is InChI=1S/C16H17F3N4O/c1-23-8-7-20-10-13(23)15-21-14(24-22-15)6-5-11-3-2-4-12(9-11)16(17,18)19/h2-6,9,13,20H,7-8,10H2,1H3/b6-5+. The highest BCUT2D eigenvalue weighted by Crippen LogP contribution is 2.29. The van der Waals surface area contributed by atoms with E-state index in [1.54, 1.807) is 6.07 Å². The molecule has 24 heavy (non-hydrogen) atoms. The van der Waals surface area contributed by atoms with Gasteiger partial charge in [0.25, 0.3) is 5.89 Å². The Hall–Kier alpha value is -2.19. The van der Waals surface area contributed by atoms with E-state index in [4.69, 9.17) is 4.52 Å². The van der Waals surface area contributed by atoms with Crippen LogP contribution in [-0.2, 0) is 6.18 Å². The molecule has 0 bridgehead atoms. The molecule has 1 N–H and O–H groups in total. The SMILES string of the molecule is CN1CCNCC1c1noc(/C=C/c2cccc(C(F)(F)F)c2)n1. The summed E-state index contributed by atoms with van der Waals surface area (Å²) < 4.78 is 43.3. The van der Waals surface area contributed by atoms with Crippen molar-refractivity contribution in [2.24, 2.45) is 0 Å². The minimum Gasteiger partial charge on any atom is -0.335 e. The highest BCUT2D eigenvalue weighted by Gasteiger charge is 2.30. The predicted octanol–water partition coefficient (Wildman–Crippen LogP) is 2.83. The van der Waals surface area contributed by atoms with Crippen molar-refractivity contribution in [3.63, 3.8) is 0 Å². The molecule has 2 heterocycles. The number of likely N-dealkylation sites (N-methyl/N-ethyl adjacent to an activating group) is 1. The van der Waals surface area contributed by atoms with Crippen LogP contribution in [0.1, 0.15) is 28.9 Å². The van der Waals surface area contributed by atoms with Crippen molar-refractivity contribution >= 4 is 12.2 Å². The number of benzene rings is 1. The van der Waals surface area contributed by atoms with Crippen LogP contribution in [0.2, 0.25) is 0 Å². The van der Waals surface area contributed by atoms with Gasteiger partial charge in [0, 0.05) is 25.7 Å². The summed E-state index contributed by atoms with van der Waals surface area (Å²) in [5.41, 5.74) is -0.271. The first-order chi connectivity index (χ1) is 11.4. The number of aromatic nitrogens is 2. The second-order valence-electron chi connectivity index (χ2n) is 5.65. The smallest absolute Gasteiger partial charge is 0.335 e. The van der Waals surface area contributed by atoms with Crippen LogP contribution in [-0.4, -0.2) is 41.7 Å². The number of nitrogens with zero attached hydrogens (tertiary/aromatic N) is 3. The lowest BCUT2D eigenvalue weighted by molar-refractivity contribution is -0.137. The Labute approximate surface area is 137 Å². The average molecular weight is 338 g/mol. The summed E-state index contributed by atoms with van der Waals surface area (Å²) in [5.74, 6) is 0.828. The fourth-order valence-electron chi connectivity index (χ4n) is 2.53. The van der Waals surface area contributed by atoms with E-state index < -0.39 is 11.7 Å². The summed E-state index contributed by atoms with van der Waals surface area (Å²) in [6.07, 6.45) is -1.32. The third-order valence-electron chi connectivity index (χ3n) is 3.90. The van der Waals surface area contributed by atoms with Crippen molar-refractivity contribution in [3.05, 3.63) is 47.1 Å². The van der Waals surface area contributed by atoms with Crippen LogP contribution < -0.4 is 5.32 Å². The third kappa shape index (κ3) is 3.82. The van der Waals surface area contributed by atoms with E-state index >= 15 is 0 Å². The maximum atomic E-state index is 12.7. The summed E-state index contributed by atoms with van der Waals surface area (Å²) >= 11 is 0. The van der Waals surface area contributed by atoms with Gasteiger partial charge in [-0.1, -0.05) is 17.3 Å². The molecule has 1 aliphatic rings. The lowest BCUT2D eigenvalue weighted by Crippen LogP contribution is -2.44. The van der Waals surface area contributed by atoms with Gasteiger partial charge < -0.3 is 9.84 Å². The summed E-state index contributed by atoms with van der Waals surface area (Å²) in [6.45, 7) is 2.52. The van der Waals surface area contributed by atoms with Gasteiger partial charge in [-0.25, -0.2) is 0 Å². The van der Waals surface area contributed by atoms with Gasteiger partial charge in [0.1, 0.15) is 0 Å². The highest BCUT2D eigenvalue weighted by molar-refractivity contribution is 5.66. The number of piperazine rings is 1. The molecule has 0 amide bonds. The Morgan fingerprint density at radius 1 is 1.33 bits per heavy atom. The molecule has 1 aromatic carbocycles. The van der Waals surface area contributed by atoms with E-state index in [1.165, 1.54) is 18.2 Å².